The molecule has 0 radical (unpaired) electrons. The van der Waals surface area contributed by atoms with Crippen LogP contribution in [0.2, 0.25) is 0 Å². The molecule has 2 rings (SSSR count). The first-order valence-corrected chi connectivity index (χ1v) is 6.79. The molecule has 0 saturated carbocycles. The summed E-state index contributed by atoms with van der Waals surface area (Å²) in [7, 11) is 0. The van der Waals surface area contributed by atoms with Crippen molar-refractivity contribution in [1.82, 2.24) is 0 Å². The molecule has 1 saturated heterocycles. The van der Waals surface area contributed by atoms with Crippen LogP contribution < -0.4 is 0 Å². The minimum atomic E-state index is -0.822. The Morgan fingerprint density at radius 2 is 2.25 bits per heavy atom. The van der Waals surface area contributed by atoms with Gasteiger partial charge in [0.05, 0.1) is 25.7 Å². The van der Waals surface area contributed by atoms with Gasteiger partial charge in [-0.05, 0) is 30.5 Å². The quantitative estimate of drug-likeness (QED) is 0.778. The number of carbonyl (C=O) groups is 1. The van der Waals surface area contributed by atoms with Gasteiger partial charge in [-0.25, -0.2) is 0 Å². The molecule has 2 atom stereocenters. The number of ether oxygens (including phenoxy) is 2. The first kappa shape index (κ1) is 14.8. The molecule has 1 aliphatic heterocycles. The average molecular weight is 276 g/mol. The standard InChI is InChI=1S/C16H20O4/c1-11(7-8-16(17)18)14-5-3-4-6-15(14)12(2)19-9-13-10-20-13/h3-7,12-13H,8-10H2,1-2H3,(H,17,18)/b11-7+/t12-,13+/m1/s1. The van der Waals surface area contributed by atoms with Crippen LogP contribution in [0.15, 0.2) is 30.3 Å². The SMILES string of the molecule is C/C(=C\CC(=O)O)c1ccccc1[C@@H](C)OC[C@H]1CO1. The predicted molar refractivity (Wildman–Crippen MR) is 76.5 cm³/mol. The summed E-state index contributed by atoms with van der Waals surface area (Å²) in [6.45, 7) is 5.32. The van der Waals surface area contributed by atoms with Crippen molar-refractivity contribution in [1.29, 1.82) is 0 Å². The first-order valence-electron chi connectivity index (χ1n) is 6.79. The van der Waals surface area contributed by atoms with Crippen molar-refractivity contribution in [3.05, 3.63) is 41.5 Å². The van der Waals surface area contributed by atoms with E-state index in [9.17, 15) is 4.79 Å². The van der Waals surface area contributed by atoms with Gasteiger partial charge in [-0.15, -0.1) is 0 Å². The first-order chi connectivity index (χ1) is 9.58. The summed E-state index contributed by atoms with van der Waals surface area (Å²) in [6, 6.07) is 7.94. The second-order valence-corrected chi connectivity index (χ2v) is 5.00. The number of hydrogen-bond donors (Lipinski definition) is 1. The third-order valence-corrected chi connectivity index (χ3v) is 3.34. The van der Waals surface area contributed by atoms with Gasteiger partial charge >= 0.3 is 5.97 Å². The molecule has 108 valence electrons. The fraction of sp³-hybridized carbons (Fsp3) is 0.438. The van der Waals surface area contributed by atoms with Crippen molar-refractivity contribution >= 4 is 11.5 Å². The fourth-order valence-corrected chi connectivity index (χ4v) is 2.07. The van der Waals surface area contributed by atoms with Crippen LogP contribution in [-0.4, -0.2) is 30.4 Å². The molecule has 1 aromatic rings. The number of carboxylic acid groups (broad SMARTS) is 1. The lowest BCUT2D eigenvalue weighted by Gasteiger charge is -2.17. The zero-order chi connectivity index (χ0) is 14.5. The van der Waals surface area contributed by atoms with Crippen LogP contribution in [0.3, 0.4) is 0 Å². The Balaban J connectivity index is 2.11. The molecule has 0 aromatic heterocycles. The number of hydrogen-bond acceptors (Lipinski definition) is 3. The Hall–Kier alpha value is -1.65. The molecule has 1 heterocycles. The summed E-state index contributed by atoms with van der Waals surface area (Å²) < 4.78 is 10.9. The Labute approximate surface area is 119 Å². The van der Waals surface area contributed by atoms with Gasteiger partial charge in [0.1, 0.15) is 6.10 Å². The second kappa shape index (κ2) is 6.68. The lowest BCUT2D eigenvalue weighted by molar-refractivity contribution is -0.135. The van der Waals surface area contributed by atoms with Crippen LogP contribution in [0.4, 0.5) is 0 Å². The van der Waals surface area contributed by atoms with Crippen LogP contribution >= 0.6 is 0 Å². The van der Waals surface area contributed by atoms with Gasteiger partial charge in [0.2, 0.25) is 0 Å². The Kier molecular flexibility index (Phi) is 4.93. The molecule has 4 heteroatoms. The van der Waals surface area contributed by atoms with Gasteiger partial charge in [-0.3, -0.25) is 4.79 Å². The van der Waals surface area contributed by atoms with Crippen LogP contribution in [-0.2, 0) is 14.3 Å². The number of benzene rings is 1. The maximum absolute atomic E-state index is 10.7. The number of epoxide rings is 1. The average Bonchev–Trinajstić information content (AvgIpc) is 3.26. The van der Waals surface area contributed by atoms with Crippen LogP contribution in [0.25, 0.3) is 5.57 Å². The molecule has 1 fully saturated rings. The molecule has 0 bridgehead atoms. The van der Waals surface area contributed by atoms with Crippen molar-refractivity contribution in [2.24, 2.45) is 0 Å². The van der Waals surface area contributed by atoms with Crippen molar-refractivity contribution in [2.75, 3.05) is 13.2 Å². The highest BCUT2D eigenvalue weighted by atomic mass is 16.6. The summed E-state index contributed by atoms with van der Waals surface area (Å²) in [6.07, 6.45) is 1.97. The summed E-state index contributed by atoms with van der Waals surface area (Å²) >= 11 is 0. The van der Waals surface area contributed by atoms with Crippen molar-refractivity contribution in [3.8, 4) is 0 Å². The summed E-state index contributed by atoms with van der Waals surface area (Å²) in [5.41, 5.74) is 3.08. The molecule has 1 aliphatic rings. The topological polar surface area (TPSA) is 59.1 Å². The normalized spacial score (nSPS) is 19.7. The van der Waals surface area contributed by atoms with Crippen molar-refractivity contribution in [2.45, 2.75) is 32.5 Å². The molecule has 0 aliphatic carbocycles. The molecular formula is C16H20O4. The van der Waals surface area contributed by atoms with E-state index in [1.54, 1.807) is 6.08 Å². The van der Waals surface area contributed by atoms with E-state index in [2.05, 4.69) is 0 Å². The van der Waals surface area contributed by atoms with Gasteiger partial charge in [0.15, 0.2) is 0 Å². The molecule has 0 amide bonds. The van der Waals surface area contributed by atoms with Gasteiger partial charge in [-0.2, -0.15) is 0 Å². The summed E-state index contributed by atoms with van der Waals surface area (Å²) in [5, 5.41) is 8.76. The van der Waals surface area contributed by atoms with Gasteiger partial charge in [-0.1, -0.05) is 30.3 Å². The van der Waals surface area contributed by atoms with E-state index in [1.807, 2.05) is 38.1 Å². The van der Waals surface area contributed by atoms with E-state index in [1.165, 1.54) is 0 Å². The second-order valence-electron chi connectivity index (χ2n) is 5.00. The smallest absolute Gasteiger partial charge is 0.307 e. The van der Waals surface area contributed by atoms with E-state index in [0.29, 0.717) is 6.61 Å². The predicted octanol–water partition coefficient (Wildman–Crippen LogP) is 3.04. The Morgan fingerprint density at radius 1 is 1.55 bits per heavy atom. The molecular weight excluding hydrogens is 256 g/mol. The molecule has 4 nitrogen and oxygen atoms in total. The van der Waals surface area contributed by atoms with E-state index in [0.717, 1.165) is 23.3 Å². The van der Waals surface area contributed by atoms with Crippen molar-refractivity contribution in [3.63, 3.8) is 0 Å². The highest BCUT2D eigenvalue weighted by Crippen LogP contribution is 2.27. The molecule has 0 unspecified atom stereocenters. The summed E-state index contributed by atoms with van der Waals surface area (Å²) in [5.74, 6) is -0.822. The number of carboxylic acids is 1. The maximum atomic E-state index is 10.7. The zero-order valence-electron chi connectivity index (χ0n) is 11.8. The highest BCUT2D eigenvalue weighted by Gasteiger charge is 2.24. The van der Waals surface area contributed by atoms with Crippen LogP contribution in [0, 0.1) is 0 Å². The third-order valence-electron chi connectivity index (χ3n) is 3.34. The van der Waals surface area contributed by atoms with E-state index < -0.39 is 5.97 Å². The lowest BCUT2D eigenvalue weighted by atomic mass is 9.97. The minimum Gasteiger partial charge on any atom is -0.481 e. The van der Waals surface area contributed by atoms with E-state index in [-0.39, 0.29) is 18.6 Å². The monoisotopic (exact) mass is 276 g/mol. The highest BCUT2D eigenvalue weighted by molar-refractivity contribution is 5.74. The zero-order valence-corrected chi connectivity index (χ0v) is 11.8. The largest absolute Gasteiger partial charge is 0.481 e. The fourth-order valence-electron chi connectivity index (χ4n) is 2.07. The Morgan fingerprint density at radius 3 is 2.90 bits per heavy atom. The number of aliphatic carboxylic acids is 1. The van der Waals surface area contributed by atoms with Crippen molar-refractivity contribution < 1.29 is 19.4 Å². The summed E-state index contributed by atoms with van der Waals surface area (Å²) in [4.78, 5) is 10.7. The number of allylic oxidation sites excluding steroid dienone is 1. The number of rotatable bonds is 7. The lowest BCUT2D eigenvalue weighted by Crippen LogP contribution is -2.08. The van der Waals surface area contributed by atoms with Gasteiger partial charge < -0.3 is 14.6 Å². The van der Waals surface area contributed by atoms with E-state index >= 15 is 0 Å². The Bertz CT molecular complexity index is 503. The van der Waals surface area contributed by atoms with Gasteiger partial charge in [0, 0.05) is 0 Å². The molecule has 20 heavy (non-hydrogen) atoms. The van der Waals surface area contributed by atoms with E-state index in [4.69, 9.17) is 14.6 Å². The molecule has 0 spiro atoms. The molecule has 1 N–H and O–H groups in total. The maximum Gasteiger partial charge on any atom is 0.307 e. The van der Waals surface area contributed by atoms with Gasteiger partial charge in [0.25, 0.3) is 0 Å². The van der Waals surface area contributed by atoms with Crippen LogP contribution in [0.5, 0.6) is 0 Å². The molecule has 1 aromatic carbocycles. The van der Waals surface area contributed by atoms with Crippen LogP contribution in [0.1, 0.15) is 37.5 Å². The third kappa shape index (κ3) is 4.18. The minimum absolute atomic E-state index is 0.0331.